The van der Waals surface area contributed by atoms with Crippen LogP contribution < -0.4 is 16.2 Å². The molecule has 1 aromatic rings. The molecule has 0 saturated carbocycles. The Hall–Kier alpha value is -1.56. The second-order valence-corrected chi connectivity index (χ2v) is 2.92. The van der Waals surface area contributed by atoms with Crippen LogP contribution in [0.15, 0.2) is 18.2 Å². The van der Waals surface area contributed by atoms with Crippen molar-refractivity contribution in [3.05, 3.63) is 24.1 Å². The molecule has 0 aromatic carbocycles. The minimum atomic E-state index is -0.622. The van der Waals surface area contributed by atoms with Crippen LogP contribution in [-0.4, -0.2) is 23.4 Å². The van der Waals surface area contributed by atoms with Gasteiger partial charge in [0.1, 0.15) is 5.82 Å². The summed E-state index contributed by atoms with van der Waals surface area (Å²) in [4.78, 5) is 14.5. The molecule has 1 rings (SSSR count). The molecule has 0 bridgehead atoms. The van der Waals surface area contributed by atoms with Gasteiger partial charge in [0.2, 0.25) is 5.95 Å². The summed E-state index contributed by atoms with van der Waals surface area (Å²) in [5, 5.41) is 2.45. The van der Waals surface area contributed by atoms with Gasteiger partial charge in [-0.15, -0.1) is 11.6 Å². The van der Waals surface area contributed by atoms with Crippen LogP contribution in [0.4, 0.5) is 15.0 Å². The molecule has 0 fully saturated rings. The number of carbonyl (C=O) groups is 1. The zero-order valence-corrected chi connectivity index (χ0v) is 8.51. The van der Waals surface area contributed by atoms with Gasteiger partial charge in [-0.1, -0.05) is 6.07 Å². The molecule has 2 amide bonds. The lowest BCUT2D eigenvalue weighted by molar-refractivity contribution is 0.243. The van der Waals surface area contributed by atoms with E-state index in [-0.39, 0.29) is 5.82 Å². The standard InChI is InChI=1S/C8H10ClFN4O/c9-4-5-11-8(15)14-13-7-3-1-2-6(10)12-7/h1-3H,4-5H2,(H,12,13)(H2,11,14,15). The molecule has 7 heteroatoms. The fraction of sp³-hybridized carbons (Fsp3) is 0.250. The average molecular weight is 233 g/mol. The molecule has 0 saturated heterocycles. The van der Waals surface area contributed by atoms with E-state index in [1.165, 1.54) is 18.2 Å². The highest BCUT2D eigenvalue weighted by molar-refractivity contribution is 6.18. The molecule has 1 aromatic heterocycles. The predicted octanol–water partition coefficient (Wildman–Crippen LogP) is 1.09. The molecule has 0 atom stereocenters. The van der Waals surface area contributed by atoms with Crippen molar-refractivity contribution in [2.45, 2.75) is 0 Å². The van der Waals surface area contributed by atoms with Crippen molar-refractivity contribution in [2.24, 2.45) is 0 Å². The number of nitrogens with one attached hydrogen (secondary N) is 3. The van der Waals surface area contributed by atoms with Crippen LogP contribution in [0, 0.1) is 5.95 Å². The van der Waals surface area contributed by atoms with Crippen molar-refractivity contribution >= 4 is 23.4 Å². The zero-order chi connectivity index (χ0) is 11.1. The number of aromatic nitrogens is 1. The quantitative estimate of drug-likeness (QED) is 0.414. The summed E-state index contributed by atoms with van der Waals surface area (Å²) < 4.78 is 12.6. The Bertz CT molecular complexity index is 336. The highest BCUT2D eigenvalue weighted by Crippen LogP contribution is 2.00. The molecule has 0 aliphatic heterocycles. The van der Waals surface area contributed by atoms with Gasteiger partial charge in [0, 0.05) is 12.4 Å². The van der Waals surface area contributed by atoms with E-state index < -0.39 is 12.0 Å². The summed E-state index contributed by atoms with van der Waals surface area (Å²) in [6, 6.07) is 3.74. The van der Waals surface area contributed by atoms with E-state index in [0.29, 0.717) is 12.4 Å². The Labute approximate surface area is 91.0 Å². The fourth-order valence-electron chi connectivity index (χ4n) is 0.804. The first-order chi connectivity index (χ1) is 7.22. The summed E-state index contributed by atoms with van der Waals surface area (Å²) in [6.45, 7) is 0.353. The van der Waals surface area contributed by atoms with Gasteiger partial charge in [0.25, 0.3) is 0 Å². The van der Waals surface area contributed by atoms with Gasteiger partial charge in [-0.05, 0) is 12.1 Å². The van der Waals surface area contributed by atoms with E-state index >= 15 is 0 Å². The molecule has 0 radical (unpaired) electrons. The number of halogens is 2. The summed E-state index contributed by atoms with van der Waals surface area (Å²) in [5.74, 6) is -0.0787. The van der Waals surface area contributed by atoms with E-state index in [4.69, 9.17) is 11.6 Å². The van der Waals surface area contributed by atoms with Gasteiger partial charge in [-0.3, -0.25) is 10.9 Å². The van der Waals surface area contributed by atoms with Crippen LogP contribution in [-0.2, 0) is 0 Å². The van der Waals surface area contributed by atoms with E-state index in [1.54, 1.807) is 0 Å². The molecule has 0 unspecified atom stereocenters. The number of pyridine rings is 1. The van der Waals surface area contributed by atoms with Gasteiger partial charge >= 0.3 is 6.03 Å². The van der Waals surface area contributed by atoms with Crippen molar-refractivity contribution in [2.75, 3.05) is 17.9 Å². The van der Waals surface area contributed by atoms with E-state index in [2.05, 4.69) is 21.2 Å². The Morgan fingerprint density at radius 2 is 2.33 bits per heavy atom. The van der Waals surface area contributed by atoms with Crippen LogP contribution in [0.3, 0.4) is 0 Å². The molecule has 3 N–H and O–H groups in total. The van der Waals surface area contributed by atoms with Crippen molar-refractivity contribution in [3.63, 3.8) is 0 Å². The second-order valence-electron chi connectivity index (χ2n) is 2.54. The molecule has 15 heavy (non-hydrogen) atoms. The number of anilines is 1. The van der Waals surface area contributed by atoms with Gasteiger partial charge in [-0.25, -0.2) is 9.78 Å². The lowest BCUT2D eigenvalue weighted by atomic mass is 10.5. The Morgan fingerprint density at radius 3 is 3.00 bits per heavy atom. The number of alkyl halides is 1. The number of amides is 2. The molecule has 82 valence electrons. The second kappa shape index (κ2) is 6.02. The summed E-state index contributed by atoms with van der Waals surface area (Å²) in [6.07, 6.45) is 0. The molecule has 0 spiro atoms. The molecule has 5 nitrogen and oxygen atoms in total. The molecule has 0 aliphatic rings. The van der Waals surface area contributed by atoms with Crippen LogP contribution in [0.25, 0.3) is 0 Å². The Kier molecular flexibility index (Phi) is 4.62. The number of urea groups is 1. The first-order valence-electron chi connectivity index (χ1n) is 4.21. The Morgan fingerprint density at radius 1 is 1.53 bits per heavy atom. The topological polar surface area (TPSA) is 66.1 Å². The van der Waals surface area contributed by atoms with Crippen LogP contribution >= 0.6 is 11.6 Å². The maximum atomic E-state index is 12.6. The number of hydrogen-bond donors (Lipinski definition) is 3. The first-order valence-corrected chi connectivity index (χ1v) is 4.74. The number of rotatable bonds is 4. The molecular weight excluding hydrogens is 223 g/mol. The summed E-state index contributed by atoms with van der Waals surface area (Å²) >= 11 is 5.36. The highest BCUT2D eigenvalue weighted by atomic mass is 35.5. The smallest absolute Gasteiger partial charge is 0.333 e. The summed E-state index contributed by atoms with van der Waals surface area (Å²) in [5.41, 5.74) is 4.71. The lowest BCUT2D eigenvalue weighted by Gasteiger charge is -2.07. The minimum absolute atomic E-state index is 0.219. The number of carbonyl (C=O) groups excluding carboxylic acids is 1. The van der Waals surface area contributed by atoms with Gasteiger partial charge in [0.05, 0.1) is 0 Å². The highest BCUT2D eigenvalue weighted by Gasteiger charge is 1.99. The largest absolute Gasteiger partial charge is 0.336 e. The monoisotopic (exact) mass is 232 g/mol. The number of hydrogen-bond acceptors (Lipinski definition) is 3. The van der Waals surface area contributed by atoms with Crippen molar-refractivity contribution in [1.29, 1.82) is 0 Å². The minimum Gasteiger partial charge on any atom is -0.336 e. The number of hydrazine groups is 1. The maximum Gasteiger partial charge on any atom is 0.333 e. The van der Waals surface area contributed by atoms with Crippen molar-refractivity contribution in [1.82, 2.24) is 15.7 Å². The summed E-state index contributed by atoms with van der Waals surface area (Å²) in [7, 11) is 0. The van der Waals surface area contributed by atoms with Gasteiger partial charge < -0.3 is 5.32 Å². The van der Waals surface area contributed by atoms with E-state index in [0.717, 1.165) is 0 Å². The van der Waals surface area contributed by atoms with Crippen molar-refractivity contribution in [3.8, 4) is 0 Å². The van der Waals surface area contributed by atoms with E-state index in [9.17, 15) is 9.18 Å². The molecule has 0 aliphatic carbocycles. The maximum absolute atomic E-state index is 12.6. The van der Waals surface area contributed by atoms with Crippen molar-refractivity contribution < 1.29 is 9.18 Å². The molecule has 1 heterocycles. The average Bonchev–Trinajstić information content (AvgIpc) is 2.23. The van der Waals surface area contributed by atoms with Gasteiger partial charge in [-0.2, -0.15) is 4.39 Å². The molecular formula is C8H10ClFN4O. The third-order valence-corrected chi connectivity index (χ3v) is 1.59. The normalized spacial score (nSPS) is 9.47. The van der Waals surface area contributed by atoms with E-state index in [1.807, 2.05) is 0 Å². The zero-order valence-electron chi connectivity index (χ0n) is 7.76. The van der Waals surface area contributed by atoms with Crippen LogP contribution in [0.2, 0.25) is 0 Å². The first kappa shape index (κ1) is 11.5. The predicted molar refractivity (Wildman–Crippen MR) is 55.1 cm³/mol. The van der Waals surface area contributed by atoms with Crippen LogP contribution in [0.1, 0.15) is 0 Å². The third kappa shape index (κ3) is 4.46. The van der Waals surface area contributed by atoms with Gasteiger partial charge in [0.15, 0.2) is 0 Å². The fourth-order valence-corrected chi connectivity index (χ4v) is 0.898. The third-order valence-electron chi connectivity index (χ3n) is 1.40. The lowest BCUT2D eigenvalue weighted by Crippen LogP contribution is -2.40. The number of nitrogens with zero attached hydrogens (tertiary/aromatic N) is 1. The van der Waals surface area contributed by atoms with Crippen LogP contribution in [0.5, 0.6) is 0 Å². The Balaban J connectivity index is 2.33. The SMILES string of the molecule is O=C(NCCCl)NNc1cccc(F)n1.